The van der Waals surface area contributed by atoms with Crippen LogP contribution in [-0.4, -0.2) is 32.3 Å². The third-order valence-corrected chi connectivity index (χ3v) is 2.90. The minimum atomic E-state index is -0.557. The Hall–Kier alpha value is -0.610. The van der Waals surface area contributed by atoms with Gasteiger partial charge in [0.15, 0.2) is 0 Å². The summed E-state index contributed by atoms with van der Waals surface area (Å²) in [6.45, 7) is 7.97. The van der Waals surface area contributed by atoms with E-state index in [4.69, 9.17) is 15.2 Å². The maximum Gasteiger partial charge on any atom is 0.313 e. The number of esters is 1. The summed E-state index contributed by atoms with van der Waals surface area (Å²) in [5.74, 6) is -0.176. The number of ether oxygens (including phenoxy) is 2. The second-order valence-corrected chi connectivity index (χ2v) is 4.32. The molecule has 0 aromatic heterocycles. The zero-order valence-electron chi connectivity index (χ0n) is 11.5. The first-order valence-corrected chi connectivity index (χ1v) is 6.61. The second-order valence-electron chi connectivity index (χ2n) is 4.32. The highest BCUT2D eigenvalue weighted by molar-refractivity contribution is 5.77. The van der Waals surface area contributed by atoms with Gasteiger partial charge in [-0.1, -0.05) is 20.3 Å². The first-order valence-electron chi connectivity index (χ1n) is 6.61. The normalized spacial score (nSPS) is 14.4. The van der Waals surface area contributed by atoms with E-state index < -0.39 is 5.41 Å². The van der Waals surface area contributed by atoms with E-state index in [1.807, 2.05) is 6.92 Å². The first kappa shape index (κ1) is 16.4. The summed E-state index contributed by atoms with van der Waals surface area (Å²) in [6, 6.07) is 0. The number of carbonyl (C=O) groups is 1. The van der Waals surface area contributed by atoms with E-state index in [1.165, 1.54) is 0 Å². The maximum atomic E-state index is 12.0. The van der Waals surface area contributed by atoms with E-state index in [0.29, 0.717) is 26.2 Å². The Morgan fingerprint density at radius 1 is 1.12 bits per heavy atom. The molecule has 1 unspecified atom stereocenters. The zero-order chi connectivity index (χ0) is 13.1. The van der Waals surface area contributed by atoms with E-state index in [2.05, 4.69) is 13.8 Å². The van der Waals surface area contributed by atoms with Gasteiger partial charge in [-0.25, -0.2) is 0 Å². The van der Waals surface area contributed by atoms with Crippen LogP contribution >= 0.6 is 0 Å². The monoisotopic (exact) mass is 245 g/mol. The summed E-state index contributed by atoms with van der Waals surface area (Å²) in [5, 5.41) is 0. The fraction of sp³-hybridized carbons (Fsp3) is 0.923. The van der Waals surface area contributed by atoms with Crippen molar-refractivity contribution >= 4 is 5.97 Å². The molecule has 1 atom stereocenters. The molecule has 0 aromatic carbocycles. The number of rotatable bonds is 10. The van der Waals surface area contributed by atoms with Crippen molar-refractivity contribution < 1.29 is 14.3 Å². The standard InChI is InChI=1S/C13H27NO3/c1-4-7-13(11-14,12(15)17-6-3)8-10-16-9-5-2/h4-11,14H2,1-3H3. The maximum absolute atomic E-state index is 12.0. The molecule has 0 aliphatic rings. The fourth-order valence-corrected chi connectivity index (χ4v) is 1.89. The molecule has 0 fully saturated rings. The number of nitrogens with two attached hydrogens (primary N) is 1. The Labute approximate surface area is 105 Å². The molecule has 0 amide bonds. The molecule has 0 saturated heterocycles. The molecule has 0 spiro atoms. The fourth-order valence-electron chi connectivity index (χ4n) is 1.89. The summed E-state index contributed by atoms with van der Waals surface area (Å²) >= 11 is 0. The van der Waals surface area contributed by atoms with Gasteiger partial charge < -0.3 is 15.2 Å². The smallest absolute Gasteiger partial charge is 0.313 e. The van der Waals surface area contributed by atoms with Gasteiger partial charge in [0.25, 0.3) is 0 Å². The topological polar surface area (TPSA) is 61.5 Å². The minimum Gasteiger partial charge on any atom is -0.466 e. The lowest BCUT2D eigenvalue weighted by Crippen LogP contribution is -2.41. The number of hydrogen-bond acceptors (Lipinski definition) is 4. The summed E-state index contributed by atoms with van der Waals surface area (Å²) in [7, 11) is 0. The van der Waals surface area contributed by atoms with Crippen LogP contribution < -0.4 is 5.73 Å². The Bertz CT molecular complexity index is 209. The Morgan fingerprint density at radius 3 is 2.29 bits per heavy atom. The van der Waals surface area contributed by atoms with E-state index in [9.17, 15) is 4.79 Å². The van der Waals surface area contributed by atoms with Crippen LogP contribution in [0.15, 0.2) is 0 Å². The lowest BCUT2D eigenvalue weighted by Gasteiger charge is -2.29. The summed E-state index contributed by atoms with van der Waals surface area (Å²) in [6.07, 6.45) is 3.32. The van der Waals surface area contributed by atoms with E-state index in [-0.39, 0.29) is 5.97 Å². The summed E-state index contributed by atoms with van der Waals surface area (Å²) in [5.41, 5.74) is 5.23. The molecule has 0 heterocycles. The van der Waals surface area contributed by atoms with Gasteiger partial charge in [0.1, 0.15) is 0 Å². The van der Waals surface area contributed by atoms with E-state index in [1.54, 1.807) is 0 Å². The lowest BCUT2D eigenvalue weighted by molar-refractivity contribution is -0.156. The van der Waals surface area contributed by atoms with Gasteiger partial charge in [-0.05, 0) is 26.2 Å². The summed E-state index contributed by atoms with van der Waals surface area (Å²) in [4.78, 5) is 12.0. The molecule has 17 heavy (non-hydrogen) atoms. The van der Waals surface area contributed by atoms with Gasteiger partial charge in [0.05, 0.1) is 12.0 Å². The molecule has 102 valence electrons. The molecule has 0 aliphatic carbocycles. The van der Waals surface area contributed by atoms with Crippen LogP contribution in [0.4, 0.5) is 0 Å². The molecule has 4 heteroatoms. The van der Waals surface area contributed by atoms with Crippen LogP contribution in [0, 0.1) is 5.41 Å². The Kier molecular flexibility index (Phi) is 9.09. The third kappa shape index (κ3) is 5.50. The predicted molar refractivity (Wildman–Crippen MR) is 68.8 cm³/mol. The van der Waals surface area contributed by atoms with Gasteiger partial charge in [-0.2, -0.15) is 0 Å². The molecule has 0 rings (SSSR count). The molecule has 0 bridgehead atoms. The van der Waals surface area contributed by atoms with Crippen molar-refractivity contribution in [2.24, 2.45) is 11.1 Å². The second kappa shape index (κ2) is 9.42. The van der Waals surface area contributed by atoms with Gasteiger partial charge >= 0.3 is 5.97 Å². The molecular weight excluding hydrogens is 218 g/mol. The van der Waals surface area contributed by atoms with Gasteiger partial charge in [0, 0.05) is 19.8 Å². The highest BCUT2D eigenvalue weighted by atomic mass is 16.5. The Balaban J connectivity index is 4.41. The molecule has 0 aliphatic heterocycles. The average molecular weight is 245 g/mol. The van der Waals surface area contributed by atoms with Gasteiger partial charge in [0.2, 0.25) is 0 Å². The van der Waals surface area contributed by atoms with Crippen molar-refractivity contribution in [3.8, 4) is 0 Å². The quantitative estimate of drug-likeness (QED) is 0.473. The minimum absolute atomic E-state index is 0.176. The first-order chi connectivity index (χ1) is 8.16. The van der Waals surface area contributed by atoms with Crippen LogP contribution in [0.5, 0.6) is 0 Å². The number of carbonyl (C=O) groups excluding carboxylic acids is 1. The highest BCUT2D eigenvalue weighted by Gasteiger charge is 2.37. The van der Waals surface area contributed by atoms with E-state index >= 15 is 0 Å². The summed E-state index contributed by atoms with van der Waals surface area (Å²) < 4.78 is 10.6. The highest BCUT2D eigenvalue weighted by Crippen LogP contribution is 2.29. The van der Waals surface area contributed by atoms with Crippen LogP contribution in [0.1, 0.15) is 46.5 Å². The molecular formula is C13H27NO3. The van der Waals surface area contributed by atoms with Crippen molar-refractivity contribution in [2.45, 2.75) is 46.5 Å². The predicted octanol–water partition coefficient (Wildman–Crippen LogP) is 2.11. The van der Waals surface area contributed by atoms with Gasteiger partial charge in [-0.3, -0.25) is 4.79 Å². The molecule has 2 N–H and O–H groups in total. The van der Waals surface area contributed by atoms with Crippen LogP contribution in [0.25, 0.3) is 0 Å². The molecule has 4 nitrogen and oxygen atoms in total. The van der Waals surface area contributed by atoms with E-state index in [0.717, 1.165) is 25.9 Å². The number of hydrogen-bond donors (Lipinski definition) is 1. The Morgan fingerprint density at radius 2 is 1.82 bits per heavy atom. The van der Waals surface area contributed by atoms with Gasteiger partial charge in [-0.15, -0.1) is 0 Å². The third-order valence-electron chi connectivity index (χ3n) is 2.90. The van der Waals surface area contributed by atoms with Crippen LogP contribution in [0.2, 0.25) is 0 Å². The molecule has 0 aromatic rings. The van der Waals surface area contributed by atoms with Crippen LogP contribution in [-0.2, 0) is 14.3 Å². The SMILES string of the molecule is CCCOCCC(CN)(CCC)C(=O)OCC. The van der Waals surface area contributed by atoms with Crippen molar-refractivity contribution in [3.63, 3.8) is 0 Å². The average Bonchev–Trinajstić information content (AvgIpc) is 2.33. The van der Waals surface area contributed by atoms with Crippen molar-refractivity contribution in [2.75, 3.05) is 26.4 Å². The zero-order valence-corrected chi connectivity index (χ0v) is 11.5. The van der Waals surface area contributed by atoms with Crippen molar-refractivity contribution in [1.29, 1.82) is 0 Å². The van der Waals surface area contributed by atoms with Crippen LogP contribution in [0.3, 0.4) is 0 Å². The molecule has 0 saturated carbocycles. The lowest BCUT2D eigenvalue weighted by atomic mass is 9.80. The van der Waals surface area contributed by atoms with Crippen molar-refractivity contribution in [3.05, 3.63) is 0 Å². The largest absolute Gasteiger partial charge is 0.466 e. The van der Waals surface area contributed by atoms with Crippen molar-refractivity contribution in [1.82, 2.24) is 0 Å². The molecule has 0 radical (unpaired) electrons.